The van der Waals surface area contributed by atoms with E-state index < -0.39 is 5.82 Å². The summed E-state index contributed by atoms with van der Waals surface area (Å²) in [7, 11) is 0. The summed E-state index contributed by atoms with van der Waals surface area (Å²) in [5.41, 5.74) is 0.00319. The zero-order valence-corrected chi connectivity index (χ0v) is 13.9. The van der Waals surface area contributed by atoms with E-state index in [0.717, 1.165) is 32.5 Å². The maximum Gasteiger partial charge on any atom is 0.257 e. The molecule has 0 spiro atoms. The molecule has 1 aromatic heterocycles. The molecule has 23 heavy (non-hydrogen) atoms. The summed E-state index contributed by atoms with van der Waals surface area (Å²) in [6.07, 6.45) is 3.43. The van der Waals surface area contributed by atoms with Gasteiger partial charge in [-0.2, -0.15) is 0 Å². The van der Waals surface area contributed by atoms with Crippen LogP contribution < -0.4 is 0 Å². The van der Waals surface area contributed by atoms with Gasteiger partial charge in [0, 0.05) is 38.4 Å². The van der Waals surface area contributed by atoms with Gasteiger partial charge < -0.3 is 9.64 Å². The van der Waals surface area contributed by atoms with E-state index in [-0.39, 0.29) is 22.7 Å². The molecule has 0 bridgehead atoms. The molecule has 126 valence electrons. The van der Waals surface area contributed by atoms with Crippen LogP contribution in [0.1, 0.15) is 30.1 Å². The molecule has 0 aromatic carbocycles. The Balaban J connectivity index is 1.60. The van der Waals surface area contributed by atoms with Crippen LogP contribution in [0.3, 0.4) is 0 Å². The number of carbonyl (C=O) groups is 1. The number of hydrogen-bond donors (Lipinski definition) is 0. The van der Waals surface area contributed by atoms with Gasteiger partial charge in [0.2, 0.25) is 0 Å². The second-order valence-electron chi connectivity index (χ2n) is 6.16. The monoisotopic (exact) mass is 341 g/mol. The van der Waals surface area contributed by atoms with E-state index >= 15 is 0 Å². The van der Waals surface area contributed by atoms with Crippen LogP contribution in [0.4, 0.5) is 4.39 Å². The topological polar surface area (TPSA) is 45.7 Å². The lowest BCUT2D eigenvalue weighted by Gasteiger charge is -2.41. The molecular formula is C16H21ClFN3O2. The van der Waals surface area contributed by atoms with Crippen molar-refractivity contribution in [2.75, 3.05) is 32.8 Å². The number of carbonyl (C=O) groups excluding carboxylic acids is 1. The zero-order chi connectivity index (χ0) is 16.4. The number of morpholine rings is 1. The van der Waals surface area contributed by atoms with Crippen molar-refractivity contribution in [3.63, 3.8) is 0 Å². The van der Waals surface area contributed by atoms with Gasteiger partial charge >= 0.3 is 0 Å². The standard InChI is InChI=1S/C16H21ClFN3O2/c1-11-10-21(8-9-23-11)12-3-6-20(7-4-12)16(22)13-2-5-19-15(17)14(13)18/h2,5,11-12H,3-4,6-10H2,1H3. The van der Waals surface area contributed by atoms with Crippen molar-refractivity contribution in [1.82, 2.24) is 14.8 Å². The number of pyridine rings is 1. The van der Waals surface area contributed by atoms with Gasteiger partial charge in [-0.15, -0.1) is 0 Å². The first-order chi connectivity index (χ1) is 11.1. The zero-order valence-electron chi connectivity index (χ0n) is 13.2. The van der Waals surface area contributed by atoms with Crippen molar-refractivity contribution in [2.45, 2.75) is 31.9 Å². The highest BCUT2D eigenvalue weighted by Crippen LogP contribution is 2.22. The van der Waals surface area contributed by atoms with Crippen LogP contribution in [0.2, 0.25) is 5.15 Å². The fourth-order valence-corrected chi connectivity index (χ4v) is 3.52. The summed E-state index contributed by atoms with van der Waals surface area (Å²) in [4.78, 5) is 20.3. The Morgan fingerprint density at radius 1 is 1.39 bits per heavy atom. The summed E-state index contributed by atoms with van der Waals surface area (Å²) < 4.78 is 19.5. The molecule has 0 saturated carbocycles. The first kappa shape index (κ1) is 16.6. The van der Waals surface area contributed by atoms with Gasteiger partial charge in [0.15, 0.2) is 11.0 Å². The minimum atomic E-state index is -0.733. The molecule has 5 nitrogen and oxygen atoms in total. The van der Waals surface area contributed by atoms with Crippen molar-refractivity contribution in [3.05, 3.63) is 28.8 Å². The van der Waals surface area contributed by atoms with E-state index in [1.807, 2.05) is 0 Å². The van der Waals surface area contributed by atoms with E-state index in [1.54, 1.807) is 4.90 Å². The van der Waals surface area contributed by atoms with Gasteiger partial charge in [-0.1, -0.05) is 11.6 Å². The average molecular weight is 342 g/mol. The number of halogens is 2. The van der Waals surface area contributed by atoms with Gasteiger partial charge in [0.05, 0.1) is 18.3 Å². The highest BCUT2D eigenvalue weighted by Gasteiger charge is 2.30. The summed E-state index contributed by atoms with van der Waals surface area (Å²) in [6, 6.07) is 1.86. The van der Waals surface area contributed by atoms with Crippen LogP contribution in [0.5, 0.6) is 0 Å². The molecule has 0 N–H and O–H groups in total. The second kappa shape index (κ2) is 7.11. The molecule has 1 aromatic rings. The van der Waals surface area contributed by atoms with E-state index in [0.29, 0.717) is 19.1 Å². The van der Waals surface area contributed by atoms with Crippen LogP contribution in [0.15, 0.2) is 12.3 Å². The summed E-state index contributed by atoms with van der Waals surface area (Å²) in [5.74, 6) is -1.04. The van der Waals surface area contributed by atoms with E-state index in [4.69, 9.17) is 16.3 Å². The van der Waals surface area contributed by atoms with Crippen LogP contribution in [0.25, 0.3) is 0 Å². The van der Waals surface area contributed by atoms with Gasteiger partial charge in [0.25, 0.3) is 5.91 Å². The number of likely N-dealkylation sites (tertiary alicyclic amines) is 1. The Labute approximate surface area is 140 Å². The normalized spacial score (nSPS) is 24.0. The van der Waals surface area contributed by atoms with Crippen molar-refractivity contribution >= 4 is 17.5 Å². The number of ether oxygens (including phenoxy) is 1. The lowest BCUT2D eigenvalue weighted by atomic mass is 10.0. The average Bonchev–Trinajstić information content (AvgIpc) is 2.57. The third kappa shape index (κ3) is 3.65. The van der Waals surface area contributed by atoms with Crippen LogP contribution >= 0.6 is 11.6 Å². The van der Waals surface area contributed by atoms with Crippen molar-refractivity contribution in [3.8, 4) is 0 Å². The molecule has 3 rings (SSSR count). The van der Waals surface area contributed by atoms with Gasteiger partial charge in [-0.05, 0) is 25.8 Å². The molecule has 1 atom stereocenters. The number of piperidine rings is 1. The highest BCUT2D eigenvalue weighted by atomic mass is 35.5. The first-order valence-electron chi connectivity index (χ1n) is 8.01. The van der Waals surface area contributed by atoms with Gasteiger partial charge in [0.1, 0.15) is 0 Å². The number of aromatic nitrogens is 1. The third-order valence-corrected chi connectivity index (χ3v) is 4.88. The minimum Gasteiger partial charge on any atom is -0.376 e. The predicted molar refractivity (Wildman–Crippen MR) is 85.1 cm³/mol. The Kier molecular flexibility index (Phi) is 5.14. The largest absolute Gasteiger partial charge is 0.376 e. The summed E-state index contributed by atoms with van der Waals surface area (Å²) in [6.45, 7) is 6.00. The molecule has 2 saturated heterocycles. The lowest BCUT2D eigenvalue weighted by Crippen LogP contribution is -2.51. The van der Waals surface area contributed by atoms with Gasteiger partial charge in [-0.25, -0.2) is 9.37 Å². The summed E-state index contributed by atoms with van der Waals surface area (Å²) in [5, 5.41) is -0.256. The molecule has 1 amide bonds. The fourth-order valence-electron chi connectivity index (χ4n) is 3.36. The third-order valence-electron chi connectivity index (χ3n) is 4.62. The SMILES string of the molecule is CC1CN(C2CCN(C(=O)c3ccnc(Cl)c3F)CC2)CCO1. The molecule has 0 aliphatic carbocycles. The lowest BCUT2D eigenvalue weighted by molar-refractivity contribution is -0.0423. The molecular weight excluding hydrogens is 321 g/mol. The minimum absolute atomic E-state index is 0.00319. The molecule has 2 aliphatic rings. The Morgan fingerprint density at radius 2 is 2.13 bits per heavy atom. The van der Waals surface area contributed by atoms with Crippen molar-refractivity contribution in [1.29, 1.82) is 0 Å². The fraction of sp³-hybridized carbons (Fsp3) is 0.625. The molecule has 2 fully saturated rings. The summed E-state index contributed by atoms with van der Waals surface area (Å²) >= 11 is 5.66. The quantitative estimate of drug-likeness (QED) is 0.774. The number of amides is 1. The van der Waals surface area contributed by atoms with Crippen LogP contribution in [0, 0.1) is 5.82 Å². The smallest absolute Gasteiger partial charge is 0.257 e. The van der Waals surface area contributed by atoms with E-state index in [1.165, 1.54) is 12.3 Å². The molecule has 2 aliphatic heterocycles. The second-order valence-corrected chi connectivity index (χ2v) is 6.52. The Bertz CT molecular complexity index is 578. The van der Waals surface area contributed by atoms with Crippen molar-refractivity contribution < 1.29 is 13.9 Å². The number of hydrogen-bond acceptors (Lipinski definition) is 4. The highest BCUT2D eigenvalue weighted by molar-refractivity contribution is 6.29. The Morgan fingerprint density at radius 3 is 2.83 bits per heavy atom. The molecule has 0 radical (unpaired) electrons. The number of nitrogens with zero attached hydrogens (tertiary/aromatic N) is 3. The maximum absolute atomic E-state index is 14.0. The van der Waals surface area contributed by atoms with E-state index in [2.05, 4.69) is 16.8 Å². The molecule has 1 unspecified atom stereocenters. The van der Waals surface area contributed by atoms with Gasteiger partial charge in [-0.3, -0.25) is 9.69 Å². The Hall–Kier alpha value is -1.24. The van der Waals surface area contributed by atoms with E-state index in [9.17, 15) is 9.18 Å². The maximum atomic E-state index is 14.0. The first-order valence-corrected chi connectivity index (χ1v) is 8.39. The van der Waals surface area contributed by atoms with Crippen molar-refractivity contribution in [2.24, 2.45) is 0 Å². The predicted octanol–water partition coefficient (Wildman–Crippen LogP) is 2.20. The molecule has 7 heteroatoms. The molecule has 3 heterocycles. The van der Waals surface area contributed by atoms with Crippen LogP contribution in [-0.2, 0) is 4.74 Å². The van der Waals surface area contributed by atoms with Crippen LogP contribution in [-0.4, -0.2) is 65.6 Å². The number of rotatable bonds is 2.